The van der Waals surface area contributed by atoms with Crippen LogP contribution in [-0.2, 0) is 4.79 Å². The van der Waals surface area contributed by atoms with Crippen LogP contribution in [-0.4, -0.2) is 32.7 Å². The van der Waals surface area contributed by atoms with Crippen LogP contribution >= 0.6 is 11.8 Å². The van der Waals surface area contributed by atoms with Crippen molar-refractivity contribution in [2.45, 2.75) is 44.8 Å². The lowest BCUT2D eigenvalue weighted by Crippen LogP contribution is -2.32. The van der Waals surface area contributed by atoms with E-state index < -0.39 is 0 Å². The van der Waals surface area contributed by atoms with E-state index in [1.165, 1.54) is 17.3 Å². The topological polar surface area (TPSA) is 99.8 Å². The summed E-state index contributed by atoms with van der Waals surface area (Å²) in [5.41, 5.74) is 2.58. The van der Waals surface area contributed by atoms with Gasteiger partial charge in [-0.25, -0.2) is 4.98 Å². The number of carbonyl (C=O) groups is 2. The predicted octanol–water partition coefficient (Wildman–Crippen LogP) is 4.79. The van der Waals surface area contributed by atoms with Gasteiger partial charge in [0.05, 0.1) is 11.8 Å². The van der Waals surface area contributed by atoms with Gasteiger partial charge in [0.2, 0.25) is 11.1 Å². The first-order valence-electron chi connectivity index (χ1n) is 10.6. The van der Waals surface area contributed by atoms with Crippen molar-refractivity contribution < 1.29 is 9.59 Å². The van der Waals surface area contributed by atoms with E-state index in [0.717, 1.165) is 5.69 Å². The van der Waals surface area contributed by atoms with Crippen LogP contribution in [0.4, 0.5) is 5.69 Å². The fraction of sp³-hybridized carbons (Fsp3) is 0.333. The molecule has 2 aromatic carbocycles. The maximum atomic E-state index is 12.6. The van der Waals surface area contributed by atoms with Crippen LogP contribution in [0.25, 0.3) is 0 Å². The number of benzene rings is 2. The Morgan fingerprint density at radius 2 is 1.69 bits per heavy atom. The minimum Gasteiger partial charge on any atom is -0.342 e. The van der Waals surface area contributed by atoms with Crippen molar-refractivity contribution in [2.24, 2.45) is 5.92 Å². The third-order valence-electron chi connectivity index (χ3n) is 4.96. The standard InChI is InChI=1S/C24H29N5O2S/c1-15(2)17-10-12-19(13-11-17)25-20(30)14-32-24-27-22(28-29-24)21(16(3)4)26-23(31)18-8-6-5-7-9-18/h5-13,15-16,21H,14H2,1-4H3,(H,25,30)(H,26,31)(H,27,28,29). The molecule has 3 rings (SSSR count). The number of anilines is 1. The molecule has 32 heavy (non-hydrogen) atoms. The summed E-state index contributed by atoms with van der Waals surface area (Å²) in [6.07, 6.45) is 0. The number of aromatic nitrogens is 3. The van der Waals surface area contributed by atoms with Gasteiger partial charge in [-0.3, -0.25) is 14.7 Å². The number of hydrogen-bond acceptors (Lipinski definition) is 5. The molecule has 0 saturated carbocycles. The Hall–Kier alpha value is -3.13. The van der Waals surface area contributed by atoms with Gasteiger partial charge in [0.1, 0.15) is 5.82 Å². The van der Waals surface area contributed by atoms with E-state index in [1.54, 1.807) is 12.1 Å². The average molecular weight is 452 g/mol. The van der Waals surface area contributed by atoms with Crippen LogP contribution in [0, 0.1) is 5.92 Å². The average Bonchev–Trinajstić information content (AvgIpc) is 3.25. The highest BCUT2D eigenvalue weighted by molar-refractivity contribution is 7.99. The Balaban J connectivity index is 1.56. The highest BCUT2D eigenvalue weighted by Crippen LogP contribution is 2.22. The van der Waals surface area contributed by atoms with Gasteiger partial charge in [-0.1, -0.05) is 69.8 Å². The van der Waals surface area contributed by atoms with E-state index >= 15 is 0 Å². The maximum Gasteiger partial charge on any atom is 0.251 e. The quantitative estimate of drug-likeness (QED) is 0.406. The molecular weight excluding hydrogens is 422 g/mol. The van der Waals surface area contributed by atoms with E-state index in [-0.39, 0.29) is 29.5 Å². The second-order valence-electron chi connectivity index (χ2n) is 8.18. The summed E-state index contributed by atoms with van der Waals surface area (Å²) < 4.78 is 0. The number of H-pyrrole nitrogens is 1. The summed E-state index contributed by atoms with van der Waals surface area (Å²) in [6.45, 7) is 8.27. The molecule has 0 aliphatic heterocycles. The Morgan fingerprint density at radius 1 is 1.00 bits per heavy atom. The second kappa shape index (κ2) is 10.9. The zero-order valence-corrected chi connectivity index (χ0v) is 19.6. The molecule has 1 aromatic heterocycles. The Labute approximate surface area is 192 Å². The van der Waals surface area contributed by atoms with Crippen LogP contribution in [0.5, 0.6) is 0 Å². The van der Waals surface area contributed by atoms with Crippen molar-refractivity contribution in [1.82, 2.24) is 20.5 Å². The van der Waals surface area contributed by atoms with Gasteiger partial charge in [0, 0.05) is 11.3 Å². The van der Waals surface area contributed by atoms with Gasteiger partial charge in [-0.15, -0.1) is 5.10 Å². The minimum atomic E-state index is -0.321. The third-order valence-corrected chi connectivity index (χ3v) is 5.81. The molecule has 1 atom stereocenters. The molecule has 0 saturated heterocycles. The fourth-order valence-corrected chi connectivity index (χ4v) is 3.71. The lowest BCUT2D eigenvalue weighted by atomic mass is 10.0. The molecule has 1 unspecified atom stereocenters. The molecule has 0 bridgehead atoms. The number of nitrogens with zero attached hydrogens (tertiary/aromatic N) is 2. The number of nitrogens with one attached hydrogen (secondary N) is 3. The van der Waals surface area contributed by atoms with Gasteiger partial charge >= 0.3 is 0 Å². The molecule has 0 aliphatic rings. The molecule has 8 heteroatoms. The summed E-state index contributed by atoms with van der Waals surface area (Å²) in [7, 11) is 0. The first-order valence-corrected chi connectivity index (χ1v) is 11.6. The molecule has 0 radical (unpaired) electrons. The van der Waals surface area contributed by atoms with Crippen molar-refractivity contribution in [3.05, 3.63) is 71.5 Å². The van der Waals surface area contributed by atoms with E-state index in [9.17, 15) is 9.59 Å². The smallest absolute Gasteiger partial charge is 0.251 e. The van der Waals surface area contributed by atoms with Gasteiger partial charge in [-0.2, -0.15) is 0 Å². The van der Waals surface area contributed by atoms with Crippen molar-refractivity contribution in [2.75, 3.05) is 11.1 Å². The third kappa shape index (κ3) is 6.43. The van der Waals surface area contributed by atoms with Crippen molar-refractivity contribution in [3.63, 3.8) is 0 Å². The number of amides is 2. The number of aromatic amines is 1. The number of thioether (sulfide) groups is 1. The van der Waals surface area contributed by atoms with Crippen LogP contribution in [0.2, 0.25) is 0 Å². The minimum absolute atomic E-state index is 0.102. The molecule has 3 N–H and O–H groups in total. The summed E-state index contributed by atoms with van der Waals surface area (Å²) in [4.78, 5) is 29.3. The van der Waals surface area contributed by atoms with E-state index in [2.05, 4.69) is 39.7 Å². The van der Waals surface area contributed by atoms with E-state index in [0.29, 0.717) is 22.5 Å². The van der Waals surface area contributed by atoms with Crippen LogP contribution in [0.15, 0.2) is 59.8 Å². The summed E-state index contributed by atoms with van der Waals surface area (Å²) in [5, 5.41) is 13.5. The van der Waals surface area contributed by atoms with Gasteiger partial charge in [0.15, 0.2) is 0 Å². The lowest BCUT2D eigenvalue weighted by Gasteiger charge is -2.19. The summed E-state index contributed by atoms with van der Waals surface area (Å²) in [6, 6.07) is 16.6. The Bertz CT molecular complexity index is 1030. The molecule has 0 spiro atoms. The normalized spacial score (nSPS) is 12.1. The SMILES string of the molecule is CC(C)c1ccc(NC(=O)CSc2n[nH]c(C(NC(=O)c3ccccc3)C(C)C)n2)cc1. The molecular formula is C24H29N5O2S. The first kappa shape index (κ1) is 23.5. The molecule has 2 amide bonds. The predicted molar refractivity (Wildman–Crippen MR) is 128 cm³/mol. The number of carbonyl (C=O) groups excluding carboxylic acids is 2. The fourth-order valence-electron chi connectivity index (χ4n) is 3.11. The maximum absolute atomic E-state index is 12.6. The van der Waals surface area contributed by atoms with Crippen LogP contribution < -0.4 is 10.6 Å². The zero-order valence-electron chi connectivity index (χ0n) is 18.8. The molecule has 7 nitrogen and oxygen atoms in total. The largest absolute Gasteiger partial charge is 0.342 e. The first-order chi connectivity index (χ1) is 15.3. The van der Waals surface area contributed by atoms with Gasteiger partial charge < -0.3 is 10.6 Å². The van der Waals surface area contributed by atoms with Crippen molar-refractivity contribution in [3.8, 4) is 0 Å². The van der Waals surface area contributed by atoms with Gasteiger partial charge in [0.25, 0.3) is 5.91 Å². The summed E-state index contributed by atoms with van der Waals surface area (Å²) in [5.74, 6) is 1.00. The Morgan fingerprint density at radius 3 is 2.31 bits per heavy atom. The van der Waals surface area contributed by atoms with Gasteiger partial charge in [-0.05, 0) is 41.7 Å². The molecule has 1 heterocycles. The lowest BCUT2D eigenvalue weighted by molar-refractivity contribution is -0.113. The summed E-state index contributed by atoms with van der Waals surface area (Å²) >= 11 is 1.24. The van der Waals surface area contributed by atoms with Crippen LogP contribution in [0.3, 0.4) is 0 Å². The van der Waals surface area contributed by atoms with Crippen LogP contribution in [0.1, 0.15) is 61.4 Å². The second-order valence-corrected chi connectivity index (χ2v) is 9.12. The highest BCUT2D eigenvalue weighted by atomic mass is 32.2. The number of rotatable bonds is 9. The van der Waals surface area contributed by atoms with Crippen molar-refractivity contribution in [1.29, 1.82) is 0 Å². The molecule has 168 valence electrons. The monoisotopic (exact) mass is 451 g/mol. The molecule has 3 aromatic rings. The molecule has 0 aliphatic carbocycles. The number of hydrogen-bond donors (Lipinski definition) is 3. The molecule has 0 fully saturated rings. The van der Waals surface area contributed by atoms with E-state index in [1.807, 2.05) is 56.3 Å². The highest BCUT2D eigenvalue weighted by Gasteiger charge is 2.23. The zero-order chi connectivity index (χ0) is 23.1. The van der Waals surface area contributed by atoms with Crippen molar-refractivity contribution >= 4 is 29.3 Å². The van der Waals surface area contributed by atoms with E-state index in [4.69, 9.17) is 0 Å². The Kier molecular flexibility index (Phi) is 8.05.